The van der Waals surface area contributed by atoms with Gasteiger partial charge in [0.15, 0.2) is 6.61 Å². The molecular weight excluding hydrogens is 450 g/mol. The summed E-state index contributed by atoms with van der Waals surface area (Å²) in [7, 11) is 3.11. The number of nitrogens with zero attached hydrogens (tertiary/aromatic N) is 2. The summed E-state index contributed by atoms with van der Waals surface area (Å²) >= 11 is 0. The van der Waals surface area contributed by atoms with Gasteiger partial charge in [-0.2, -0.15) is 0 Å². The number of benzene rings is 2. The van der Waals surface area contributed by atoms with E-state index in [9.17, 15) is 9.59 Å². The maximum atomic E-state index is 13.0. The van der Waals surface area contributed by atoms with Gasteiger partial charge in [-0.25, -0.2) is 9.78 Å². The SMILES string of the molecule is COc1ccc(OC)c(C(C)NC(=O)COC(=O)c2cc(-c3ccccc3)nc3onc(C)c23)c1. The first-order valence-electron chi connectivity index (χ1n) is 10.9. The Morgan fingerprint density at radius 1 is 1.06 bits per heavy atom. The second-order valence-corrected chi connectivity index (χ2v) is 7.84. The van der Waals surface area contributed by atoms with Gasteiger partial charge in [-0.1, -0.05) is 35.5 Å². The molecule has 0 aliphatic heterocycles. The number of hydrogen-bond donors (Lipinski definition) is 1. The second kappa shape index (κ2) is 10.3. The molecule has 9 nitrogen and oxygen atoms in total. The molecule has 1 unspecified atom stereocenters. The van der Waals surface area contributed by atoms with Gasteiger partial charge in [0.2, 0.25) is 0 Å². The van der Waals surface area contributed by atoms with Gasteiger partial charge in [-0.05, 0) is 38.1 Å². The molecule has 35 heavy (non-hydrogen) atoms. The van der Waals surface area contributed by atoms with E-state index in [4.69, 9.17) is 18.7 Å². The predicted molar refractivity (Wildman–Crippen MR) is 128 cm³/mol. The fourth-order valence-electron chi connectivity index (χ4n) is 3.76. The summed E-state index contributed by atoms with van der Waals surface area (Å²) in [6, 6.07) is 15.9. The summed E-state index contributed by atoms with van der Waals surface area (Å²) in [4.78, 5) is 30.1. The van der Waals surface area contributed by atoms with Gasteiger partial charge in [-0.15, -0.1) is 0 Å². The average molecular weight is 476 g/mol. The number of fused-ring (bicyclic) bond motifs is 1. The summed E-state index contributed by atoms with van der Waals surface area (Å²) in [5, 5.41) is 7.19. The maximum Gasteiger partial charge on any atom is 0.339 e. The third-order valence-electron chi connectivity index (χ3n) is 5.52. The number of hydrogen-bond acceptors (Lipinski definition) is 8. The van der Waals surface area contributed by atoms with E-state index in [1.54, 1.807) is 52.3 Å². The third-order valence-corrected chi connectivity index (χ3v) is 5.52. The summed E-state index contributed by atoms with van der Waals surface area (Å²) in [6.07, 6.45) is 0. The van der Waals surface area contributed by atoms with Gasteiger partial charge in [0.25, 0.3) is 11.6 Å². The molecule has 0 bridgehead atoms. The van der Waals surface area contributed by atoms with Crippen LogP contribution in [-0.2, 0) is 9.53 Å². The van der Waals surface area contributed by atoms with E-state index in [2.05, 4.69) is 15.5 Å². The third kappa shape index (κ3) is 5.08. The van der Waals surface area contributed by atoms with Crippen LogP contribution in [0.15, 0.2) is 59.1 Å². The van der Waals surface area contributed by atoms with Gasteiger partial charge in [0.05, 0.1) is 42.6 Å². The predicted octanol–water partition coefficient (Wildman–Crippen LogP) is 4.25. The Kier molecular flexibility index (Phi) is 6.96. The Bertz CT molecular complexity index is 1370. The normalized spacial score (nSPS) is 11.7. The first-order chi connectivity index (χ1) is 16.9. The van der Waals surface area contributed by atoms with Crippen LogP contribution < -0.4 is 14.8 Å². The van der Waals surface area contributed by atoms with Crippen LogP contribution in [0.2, 0.25) is 0 Å². The van der Waals surface area contributed by atoms with Gasteiger partial charge in [0, 0.05) is 11.1 Å². The lowest BCUT2D eigenvalue weighted by molar-refractivity contribution is -0.124. The number of amides is 1. The molecule has 1 amide bonds. The van der Waals surface area contributed by atoms with Crippen molar-refractivity contribution < 1.29 is 28.3 Å². The summed E-state index contributed by atoms with van der Waals surface area (Å²) < 4.78 is 21.3. The molecule has 0 aliphatic carbocycles. The van der Waals surface area contributed by atoms with Crippen LogP contribution in [0.25, 0.3) is 22.4 Å². The molecule has 0 spiro atoms. The van der Waals surface area contributed by atoms with Crippen LogP contribution in [-0.4, -0.2) is 42.8 Å². The fraction of sp³-hybridized carbons (Fsp3) is 0.231. The highest BCUT2D eigenvalue weighted by Crippen LogP contribution is 2.30. The summed E-state index contributed by atoms with van der Waals surface area (Å²) in [5.41, 5.74) is 3.01. The number of methoxy groups -OCH3 is 2. The van der Waals surface area contributed by atoms with Gasteiger partial charge >= 0.3 is 5.97 Å². The molecule has 0 saturated carbocycles. The van der Waals surface area contributed by atoms with Crippen molar-refractivity contribution in [3.63, 3.8) is 0 Å². The van der Waals surface area contributed by atoms with Crippen LogP contribution in [0.3, 0.4) is 0 Å². The molecule has 9 heteroatoms. The van der Waals surface area contributed by atoms with Gasteiger partial charge in [0.1, 0.15) is 11.5 Å². The number of rotatable bonds is 8. The largest absolute Gasteiger partial charge is 0.497 e. The Balaban J connectivity index is 1.50. The lowest BCUT2D eigenvalue weighted by Crippen LogP contribution is -2.31. The van der Waals surface area contributed by atoms with E-state index < -0.39 is 24.5 Å². The zero-order chi connectivity index (χ0) is 24.9. The maximum absolute atomic E-state index is 13.0. The Hall–Kier alpha value is -4.40. The summed E-state index contributed by atoms with van der Waals surface area (Å²) in [6.45, 7) is 3.04. The number of ether oxygens (including phenoxy) is 3. The monoisotopic (exact) mass is 475 g/mol. The fourth-order valence-corrected chi connectivity index (χ4v) is 3.76. The minimum Gasteiger partial charge on any atom is -0.497 e. The molecule has 1 N–H and O–H groups in total. The van der Waals surface area contributed by atoms with Crippen LogP contribution >= 0.6 is 0 Å². The Labute approximate surface area is 202 Å². The zero-order valence-electron chi connectivity index (χ0n) is 19.8. The molecule has 0 fully saturated rings. The number of carbonyl (C=O) groups is 2. The number of aryl methyl sites for hydroxylation is 1. The van der Waals surface area contributed by atoms with Crippen molar-refractivity contribution in [2.45, 2.75) is 19.9 Å². The minimum absolute atomic E-state index is 0.221. The van der Waals surface area contributed by atoms with Crippen molar-refractivity contribution in [2.24, 2.45) is 0 Å². The molecule has 0 aliphatic rings. The molecule has 0 saturated heterocycles. The average Bonchev–Trinajstić information content (AvgIpc) is 3.27. The first kappa shape index (κ1) is 23.7. The van der Waals surface area contributed by atoms with Crippen molar-refractivity contribution in [1.82, 2.24) is 15.5 Å². The first-order valence-corrected chi connectivity index (χ1v) is 10.9. The molecule has 4 rings (SSSR count). The number of esters is 1. The smallest absolute Gasteiger partial charge is 0.339 e. The molecular formula is C26H25N3O6. The Morgan fingerprint density at radius 2 is 1.83 bits per heavy atom. The van der Waals surface area contributed by atoms with Crippen molar-refractivity contribution in [2.75, 3.05) is 20.8 Å². The van der Waals surface area contributed by atoms with E-state index in [0.29, 0.717) is 28.3 Å². The van der Waals surface area contributed by atoms with Crippen LogP contribution in [0, 0.1) is 6.92 Å². The van der Waals surface area contributed by atoms with Gasteiger partial charge in [-0.3, -0.25) is 4.79 Å². The van der Waals surface area contributed by atoms with Crippen LogP contribution in [0.1, 0.15) is 34.6 Å². The minimum atomic E-state index is -0.678. The van der Waals surface area contributed by atoms with E-state index in [1.165, 1.54) is 0 Å². The Morgan fingerprint density at radius 3 is 2.54 bits per heavy atom. The lowest BCUT2D eigenvalue weighted by Gasteiger charge is -2.18. The topological polar surface area (TPSA) is 113 Å². The van der Waals surface area contributed by atoms with Crippen molar-refractivity contribution >= 4 is 23.0 Å². The molecule has 0 radical (unpaired) electrons. The van der Waals surface area contributed by atoms with Crippen molar-refractivity contribution in [3.05, 3.63) is 71.4 Å². The van der Waals surface area contributed by atoms with Crippen molar-refractivity contribution in [3.8, 4) is 22.8 Å². The molecule has 4 aromatic rings. The van der Waals surface area contributed by atoms with Crippen LogP contribution in [0.5, 0.6) is 11.5 Å². The van der Waals surface area contributed by atoms with E-state index >= 15 is 0 Å². The molecule has 2 heterocycles. The number of aromatic nitrogens is 2. The highest BCUT2D eigenvalue weighted by molar-refractivity contribution is 6.04. The molecule has 2 aromatic carbocycles. The molecule has 1 atom stereocenters. The van der Waals surface area contributed by atoms with E-state index in [0.717, 1.165) is 11.1 Å². The van der Waals surface area contributed by atoms with Crippen LogP contribution in [0.4, 0.5) is 0 Å². The highest BCUT2D eigenvalue weighted by Gasteiger charge is 2.22. The lowest BCUT2D eigenvalue weighted by atomic mass is 10.1. The standard InChI is InChI=1S/C26H25N3O6/c1-15(19-12-18(32-3)10-11-22(19)33-4)27-23(30)14-34-26(31)20-13-21(17-8-6-5-7-9-17)28-25-24(20)16(2)29-35-25/h5-13,15H,14H2,1-4H3,(H,27,30). The number of carbonyl (C=O) groups excluding carboxylic acids is 2. The quantitative estimate of drug-likeness (QED) is 0.376. The second-order valence-electron chi connectivity index (χ2n) is 7.84. The van der Waals surface area contributed by atoms with E-state index in [-0.39, 0.29) is 11.3 Å². The van der Waals surface area contributed by atoms with Gasteiger partial charge < -0.3 is 24.1 Å². The van der Waals surface area contributed by atoms with Crippen molar-refractivity contribution in [1.29, 1.82) is 0 Å². The molecule has 180 valence electrons. The summed E-state index contributed by atoms with van der Waals surface area (Å²) in [5.74, 6) is 0.0912. The number of nitrogens with one attached hydrogen (secondary N) is 1. The van der Waals surface area contributed by atoms with E-state index in [1.807, 2.05) is 30.3 Å². The zero-order valence-corrected chi connectivity index (χ0v) is 19.8. The number of pyridine rings is 1. The highest BCUT2D eigenvalue weighted by atomic mass is 16.5. The molecule has 2 aromatic heterocycles.